The van der Waals surface area contributed by atoms with E-state index in [2.05, 4.69) is 95.4 Å². The molecule has 46 heavy (non-hydrogen) atoms. The Bertz CT molecular complexity index is 2000. The number of ether oxygens (including phenoxy) is 2. The van der Waals surface area contributed by atoms with Crippen molar-refractivity contribution in [3.8, 4) is 56.0 Å². The number of nitrogens with zero attached hydrogens (tertiary/aromatic N) is 2. The molecule has 0 amide bonds. The highest BCUT2D eigenvalue weighted by atomic mass is 16.5. The Morgan fingerprint density at radius 1 is 0.630 bits per heavy atom. The maximum Gasteiger partial charge on any atom is 0.285 e. The quantitative estimate of drug-likeness (QED) is 0.178. The summed E-state index contributed by atoms with van der Waals surface area (Å²) in [6, 6.07) is 38.0. The van der Waals surface area contributed by atoms with Crippen molar-refractivity contribution in [3.05, 3.63) is 120 Å². The van der Waals surface area contributed by atoms with Crippen LogP contribution in [0, 0.1) is 0 Å². The first kappa shape index (κ1) is 29.5. The van der Waals surface area contributed by atoms with Crippen LogP contribution in [0.15, 0.2) is 109 Å². The Morgan fingerprint density at radius 2 is 1.22 bits per heavy atom. The number of aliphatic hydroxyl groups is 2. The fourth-order valence-electron chi connectivity index (χ4n) is 6.74. The van der Waals surface area contributed by atoms with Gasteiger partial charge in [0.05, 0.1) is 40.0 Å². The minimum Gasteiger partial charge on any atom is -0.493 e. The van der Waals surface area contributed by atoms with Crippen LogP contribution >= 0.6 is 0 Å². The van der Waals surface area contributed by atoms with Gasteiger partial charge in [-0.25, -0.2) is 4.57 Å². The molecule has 0 fully saturated rings. The van der Waals surface area contributed by atoms with Gasteiger partial charge in [0.25, 0.3) is 5.82 Å². The molecule has 7 rings (SSSR count). The highest BCUT2D eigenvalue weighted by molar-refractivity contribution is 5.92. The molecule has 1 aliphatic heterocycles. The molecular formula is C40H37N2O4+. The molecule has 6 nitrogen and oxygen atoms in total. The number of aliphatic hydroxyl groups excluding tert-OH is 2. The standard InChI is InChI=1S/C40H37N2O4/c1-41-14-15-42-37-22-34(25-44)33(24-43)19-32(37)21-36(40(41)42)31-20-35(39(46-3)38(23-31)45-2)30-17-28(26-10-6-4-7-11-26)16-29(18-30)27-12-8-5-9-13-27/h4-13,16-23,43-44H,14-15,24-25H2,1-3H3/q+1. The van der Waals surface area contributed by atoms with Gasteiger partial charge < -0.3 is 19.7 Å². The largest absolute Gasteiger partial charge is 0.493 e. The molecule has 0 saturated heterocycles. The van der Waals surface area contributed by atoms with Crippen LogP contribution in [0.4, 0.5) is 5.82 Å². The van der Waals surface area contributed by atoms with Crippen LogP contribution in [0.2, 0.25) is 0 Å². The number of hydrogen-bond donors (Lipinski definition) is 2. The van der Waals surface area contributed by atoms with Gasteiger partial charge in [-0.05, 0) is 93.0 Å². The van der Waals surface area contributed by atoms with E-state index in [0.29, 0.717) is 11.5 Å². The van der Waals surface area contributed by atoms with Gasteiger partial charge >= 0.3 is 0 Å². The fourth-order valence-corrected chi connectivity index (χ4v) is 6.74. The minimum absolute atomic E-state index is 0.120. The third-order valence-electron chi connectivity index (χ3n) is 9.05. The Hall–Kier alpha value is -5.17. The molecule has 2 heterocycles. The molecule has 1 aromatic heterocycles. The number of anilines is 1. The van der Waals surface area contributed by atoms with Gasteiger partial charge in [-0.15, -0.1) is 0 Å². The molecule has 0 atom stereocenters. The number of pyridine rings is 1. The van der Waals surface area contributed by atoms with Gasteiger partial charge in [0.2, 0.25) is 0 Å². The lowest BCUT2D eigenvalue weighted by Gasteiger charge is -2.19. The number of likely N-dealkylation sites (N-methyl/N-ethyl adjacent to an activating group) is 1. The van der Waals surface area contributed by atoms with E-state index in [4.69, 9.17) is 9.47 Å². The predicted octanol–water partition coefficient (Wildman–Crippen LogP) is 7.25. The van der Waals surface area contributed by atoms with Crippen molar-refractivity contribution in [2.24, 2.45) is 0 Å². The van der Waals surface area contributed by atoms with Crippen molar-refractivity contribution < 1.29 is 24.3 Å². The van der Waals surface area contributed by atoms with Gasteiger partial charge in [0.1, 0.15) is 18.6 Å². The molecule has 1 aliphatic rings. The van der Waals surface area contributed by atoms with Crippen LogP contribution in [0.1, 0.15) is 11.1 Å². The van der Waals surface area contributed by atoms with Crippen molar-refractivity contribution >= 4 is 16.7 Å². The Morgan fingerprint density at radius 3 is 1.80 bits per heavy atom. The second-order valence-corrected chi connectivity index (χ2v) is 11.7. The number of fused-ring (bicyclic) bond motifs is 3. The SMILES string of the molecule is COc1cc(-c2cc3cc(CO)c(CO)cc3[n+]3c2N(C)CC3)cc(-c2cc(-c3ccccc3)cc(-c3ccccc3)c2)c1OC. The second-order valence-electron chi connectivity index (χ2n) is 11.7. The summed E-state index contributed by atoms with van der Waals surface area (Å²) >= 11 is 0. The van der Waals surface area contributed by atoms with Crippen molar-refractivity contribution in [1.29, 1.82) is 0 Å². The van der Waals surface area contributed by atoms with E-state index >= 15 is 0 Å². The minimum atomic E-state index is -0.134. The lowest BCUT2D eigenvalue weighted by atomic mass is 9.91. The van der Waals surface area contributed by atoms with Gasteiger partial charge in [0.15, 0.2) is 11.5 Å². The van der Waals surface area contributed by atoms with Crippen molar-refractivity contribution in [3.63, 3.8) is 0 Å². The first-order valence-corrected chi connectivity index (χ1v) is 15.5. The van der Waals surface area contributed by atoms with Crippen LogP contribution in [0.25, 0.3) is 55.4 Å². The summed E-state index contributed by atoms with van der Waals surface area (Å²) in [4.78, 5) is 2.27. The summed E-state index contributed by atoms with van der Waals surface area (Å²) in [5.74, 6) is 2.41. The lowest BCUT2D eigenvalue weighted by molar-refractivity contribution is -0.644. The number of methoxy groups -OCH3 is 2. The lowest BCUT2D eigenvalue weighted by Crippen LogP contribution is -2.33. The Labute approximate surface area is 269 Å². The average Bonchev–Trinajstić information content (AvgIpc) is 3.51. The highest BCUT2D eigenvalue weighted by Gasteiger charge is 2.32. The van der Waals surface area contributed by atoms with Gasteiger partial charge in [-0.3, -0.25) is 4.90 Å². The van der Waals surface area contributed by atoms with Gasteiger partial charge in [0, 0.05) is 10.9 Å². The molecule has 0 bridgehead atoms. The topological polar surface area (TPSA) is 66.0 Å². The van der Waals surface area contributed by atoms with Crippen LogP contribution in [-0.4, -0.2) is 38.0 Å². The normalized spacial score (nSPS) is 12.4. The number of aromatic nitrogens is 1. The average molecular weight is 610 g/mol. The van der Waals surface area contributed by atoms with Crippen molar-refractivity contribution in [1.82, 2.24) is 0 Å². The summed E-state index contributed by atoms with van der Waals surface area (Å²) in [5.41, 5.74) is 11.0. The van der Waals surface area contributed by atoms with E-state index in [1.54, 1.807) is 14.2 Å². The predicted molar refractivity (Wildman–Crippen MR) is 184 cm³/mol. The van der Waals surface area contributed by atoms with E-state index in [1.807, 2.05) is 30.3 Å². The zero-order chi connectivity index (χ0) is 31.8. The summed E-state index contributed by atoms with van der Waals surface area (Å²) < 4.78 is 14.3. The summed E-state index contributed by atoms with van der Waals surface area (Å²) in [6.45, 7) is 1.43. The van der Waals surface area contributed by atoms with Crippen molar-refractivity contribution in [2.45, 2.75) is 19.8 Å². The summed E-state index contributed by atoms with van der Waals surface area (Å²) in [5, 5.41) is 21.1. The Balaban J connectivity index is 1.50. The first-order chi connectivity index (χ1) is 22.5. The fraction of sp³-hybridized carbons (Fsp3) is 0.175. The van der Waals surface area contributed by atoms with Gasteiger partial charge in [-0.2, -0.15) is 0 Å². The number of hydrogen-bond acceptors (Lipinski definition) is 5. The Kier molecular flexibility index (Phi) is 7.91. The molecule has 6 aromatic rings. The van der Waals surface area contributed by atoms with E-state index in [-0.39, 0.29) is 13.2 Å². The highest BCUT2D eigenvalue weighted by Crippen LogP contribution is 2.46. The smallest absolute Gasteiger partial charge is 0.285 e. The molecular weight excluding hydrogens is 572 g/mol. The van der Waals surface area contributed by atoms with E-state index < -0.39 is 0 Å². The molecule has 6 heteroatoms. The van der Waals surface area contributed by atoms with Crippen LogP contribution in [-0.2, 0) is 19.8 Å². The second kappa shape index (κ2) is 12.3. The third kappa shape index (κ3) is 5.15. The molecule has 0 spiro atoms. The first-order valence-electron chi connectivity index (χ1n) is 15.5. The number of benzene rings is 5. The molecule has 0 aliphatic carbocycles. The van der Waals surface area contributed by atoms with Gasteiger partial charge in [-0.1, -0.05) is 60.7 Å². The van der Waals surface area contributed by atoms with E-state index in [9.17, 15) is 10.2 Å². The zero-order valence-electron chi connectivity index (χ0n) is 26.3. The monoisotopic (exact) mass is 609 g/mol. The molecule has 5 aromatic carbocycles. The molecule has 0 radical (unpaired) electrons. The maximum atomic E-state index is 10.1. The van der Waals surface area contributed by atoms with E-state index in [1.165, 1.54) is 0 Å². The van der Waals surface area contributed by atoms with Crippen molar-refractivity contribution in [2.75, 3.05) is 32.7 Å². The summed E-state index contributed by atoms with van der Waals surface area (Å²) in [7, 11) is 5.48. The van der Waals surface area contributed by atoms with Crippen LogP contribution < -0.4 is 18.9 Å². The van der Waals surface area contributed by atoms with Crippen LogP contribution in [0.5, 0.6) is 11.5 Å². The number of rotatable bonds is 8. The molecule has 230 valence electrons. The van der Waals surface area contributed by atoms with E-state index in [0.717, 1.165) is 85.4 Å². The summed E-state index contributed by atoms with van der Waals surface area (Å²) in [6.07, 6.45) is 0. The molecule has 0 unspecified atom stereocenters. The molecule has 0 saturated carbocycles. The molecule has 2 N–H and O–H groups in total. The zero-order valence-corrected chi connectivity index (χ0v) is 26.3. The van der Waals surface area contributed by atoms with Crippen LogP contribution in [0.3, 0.4) is 0 Å². The third-order valence-corrected chi connectivity index (χ3v) is 9.05. The maximum absolute atomic E-state index is 10.1.